The van der Waals surface area contributed by atoms with E-state index in [0.717, 1.165) is 16.7 Å². The Morgan fingerprint density at radius 3 is 2.18 bits per heavy atom. The van der Waals surface area contributed by atoms with Crippen molar-refractivity contribution in [2.45, 2.75) is 59.4 Å². The van der Waals surface area contributed by atoms with Crippen LogP contribution in [-0.2, 0) is 21.4 Å². The minimum absolute atomic E-state index is 0.0318. The molecule has 0 saturated heterocycles. The molecule has 1 aromatic heterocycles. The molecule has 0 aliphatic heterocycles. The van der Waals surface area contributed by atoms with Gasteiger partial charge in [-0.2, -0.15) is 0 Å². The van der Waals surface area contributed by atoms with Crippen LogP contribution in [0.15, 0.2) is 35.5 Å². The molecule has 34 heavy (non-hydrogen) atoms. The van der Waals surface area contributed by atoms with Gasteiger partial charge >= 0.3 is 0 Å². The molecular formula is C25H31FN4O3S. The summed E-state index contributed by atoms with van der Waals surface area (Å²) in [6.45, 7) is 11.3. The molecule has 2 aromatic carbocycles. The Hall–Kier alpha value is -3.04. The van der Waals surface area contributed by atoms with Crippen LogP contribution < -0.4 is 10.0 Å². The Morgan fingerprint density at radius 1 is 1.00 bits per heavy atom. The number of aromatic nitrogens is 2. The highest BCUT2D eigenvalue weighted by Gasteiger charge is 2.23. The average Bonchev–Trinajstić information content (AvgIpc) is 3.20. The van der Waals surface area contributed by atoms with Crippen LogP contribution in [0.3, 0.4) is 0 Å². The van der Waals surface area contributed by atoms with E-state index in [9.17, 15) is 17.6 Å². The van der Waals surface area contributed by atoms with E-state index in [1.54, 1.807) is 49.9 Å². The summed E-state index contributed by atoms with van der Waals surface area (Å²) in [7, 11) is -3.77. The number of carbonyl (C=O) groups excluding carboxylic acids is 1. The number of nitrogens with one attached hydrogen (secondary N) is 2. The van der Waals surface area contributed by atoms with Crippen molar-refractivity contribution in [2.24, 2.45) is 0 Å². The predicted octanol–water partition coefficient (Wildman–Crippen LogP) is 3.85. The highest BCUT2D eigenvalue weighted by atomic mass is 32.2. The van der Waals surface area contributed by atoms with Crippen LogP contribution in [0.25, 0.3) is 5.69 Å². The number of imidazole rings is 1. The molecule has 7 nitrogen and oxygen atoms in total. The summed E-state index contributed by atoms with van der Waals surface area (Å²) in [5.41, 5.74) is 5.39. The highest BCUT2D eigenvalue weighted by molar-refractivity contribution is 7.89. The van der Waals surface area contributed by atoms with Crippen LogP contribution in [0.1, 0.15) is 45.6 Å². The van der Waals surface area contributed by atoms with E-state index in [-0.39, 0.29) is 30.3 Å². The minimum atomic E-state index is -3.77. The normalized spacial score (nSPS) is 11.6. The Morgan fingerprint density at radius 2 is 1.62 bits per heavy atom. The van der Waals surface area contributed by atoms with Gasteiger partial charge in [0.2, 0.25) is 15.9 Å². The van der Waals surface area contributed by atoms with Crippen molar-refractivity contribution in [3.8, 4) is 5.69 Å². The molecule has 1 heterocycles. The summed E-state index contributed by atoms with van der Waals surface area (Å²) < 4.78 is 44.6. The summed E-state index contributed by atoms with van der Waals surface area (Å²) in [5.74, 6) is -0.0823. The largest absolute Gasteiger partial charge is 0.352 e. The summed E-state index contributed by atoms with van der Waals surface area (Å²) in [6.07, 6.45) is 3.25. The third-order valence-electron chi connectivity index (χ3n) is 6.43. The van der Waals surface area contributed by atoms with Gasteiger partial charge in [-0.3, -0.25) is 4.79 Å². The number of benzene rings is 2. The van der Waals surface area contributed by atoms with Gasteiger partial charge in [-0.05, 0) is 87.1 Å². The molecule has 0 aliphatic rings. The van der Waals surface area contributed by atoms with Gasteiger partial charge in [0, 0.05) is 31.9 Å². The zero-order valence-electron chi connectivity index (χ0n) is 20.4. The fourth-order valence-corrected chi connectivity index (χ4v) is 5.64. The first-order chi connectivity index (χ1) is 15.9. The lowest BCUT2D eigenvalue weighted by Gasteiger charge is -2.19. The topological polar surface area (TPSA) is 93.1 Å². The average molecular weight is 487 g/mol. The lowest BCUT2D eigenvalue weighted by molar-refractivity contribution is -0.121. The van der Waals surface area contributed by atoms with Gasteiger partial charge in [0.15, 0.2) is 0 Å². The fraction of sp³-hybridized carbons (Fsp3) is 0.360. The second kappa shape index (κ2) is 10.1. The smallest absolute Gasteiger partial charge is 0.241 e. The third-order valence-corrected chi connectivity index (χ3v) is 8.17. The maximum atomic E-state index is 14.5. The SMILES string of the molecule is Cc1c(C)c(C)c(S(=O)(=O)NCCC(=O)NCc2ccc(-n3ccnc3C)c(F)c2)c(C)c1C. The molecule has 0 bridgehead atoms. The van der Waals surface area contributed by atoms with Crippen LogP contribution in [0.5, 0.6) is 0 Å². The van der Waals surface area contributed by atoms with Crippen LogP contribution in [0, 0.1) is 47.4 Å². The quantitative estimate of drug-likeness (QED) is 0.506. The number of halogens is 1. The van der Waals surface area contributed by atoms with E-state index in [4.69, 9.17) is 0 Å². The second-order valence-electron chi connectivity index (χ2n) is 8.51. The number of aryl methyl sites for hydroxylation is 1. The number of nitrogens with zero attached hydrogens (tertiary/aromatic N) is 2. The van der Waals surface area contributed by atoms with Crippen LogP contribution in [0.2, 0.25) is 0 Å². The molecule has 0 fully saturated rings. The van der Waals surface area contributed by atoms with Gasteiger partial charge in [-0.1, -0.05) is 6.07 Å². The molecule has 0 unspecified atom stereocenters. The van der Waals surface area contributed by atoms with E-state index in [0.29, 0.717) is 28.2 Å². The molecule has 0 atom stereocenters. The number of hydrogen-bond acceptors (Lipinski definition) is 4. The van der Waals surface area contributed by atoms with Crippen LogP contribution >= 0.6 is 0 Å². The monoisotopic (exact) mass is 486 g/mol. The molecule has 0 radical (unpaired) electrons. The van der Waals surface area contributed by atoms with Gasteiger partial charge < -0.3 is 9.88 Å². The fourth-order valence-electron chi connectivity index (χ4n) is 4.02. The summed E-state index contributed by atoms with van der Waals surface area (Å²) in [6, 6.07) is 4.73. The van der Waals surface area contributed by atoms with Crippen molar-refractivity contribution in [2.75, 3.05) is 6.54 Å². The summed E-state index contributed by atoms with van der Waals surface area (Å²) in [4.78, 5) is 16.6. The van der Waals surface area contributed by atoms with Gasteiger partial charge in [0.25, 0.3) is 0 Å². The van der Waals surface area contributed by atoms with E-state index < -0.39 is 15.8 Å². The van der Waals surface area contributed by atoms with E-state index in [1.807, 2.05) is 20.8 Å². The number of amides is 1. The maximum absolute atomic E-state index is 14.5. The van der Waals surface area contributed by atoms with Crippen molar-refractivity contribution in [3.05, 3.63) is 75.6 Å². The molecular weight excluding hydrogens is 455 g/mol. The molecule has 2 N–H and O–H groups in total. The second-order valence-corrected chi connectivity index (χ2v) is 10.2. The Balaban J connectivity index is 1.58. The molecule has 0 saturated carbocycles. The van der Waals surface area contributed by atoms with E-state index in [2.05, 4.69) is 15.0 Å². The van der Waals surface area contributed by atoms with Crippen molar-refractivity contribution in [1.29, 1.82) is 0 Å². The van der Waals surface area contributed by atoms with Crippen LogP contribution in [0.4, 0.5) is 4.39 Å². The van der Waals surface area contributed by atoms with E-state index >= 15 is 0 Å². The zero-order chi connectivity index (χ0) is 25.2. The lowest BCUT2D eigenvalue weighted by atomic mass is 9.95. The third kappa shape index (κ3) is 5.20. The number of hydrogen-bond donors (Lipinski definition) is 2. The van der Waals surface area contributed by atoms with Crippen molar-refractivity contribution in [1.82, 2.24) is 19.6 Å². The van der Waals surface area contributed by atoms with E-state index in [1.165, 1.54) is 6.07 Å². The molecule has 1 amide bonds. The predicted molar refractivity (Wildman–Crippen MR) is 130 cm³/mol. The summed E-state index contributed by atoms with van der Waals surface area (Å²) in [5, 5.41) is 2.71. The molecule has 0 spiro atoms. The number of rotatable bonds is 8. The van der Waals surface area contributed by atoms with Crippen molar-refractivity contribution >= 4 is 15.9 Å². The number of sulfonamides is 1. The Labute approximate surface area is 200 Å². The lowest BCUT2D eigenvalue weighted by Crippen LogP contribution is -2.31. The Bertz CT molecular complexity index is 1320. The van der Waals surface area contributed by atoms with Crippen LogP contribution in [-0.4, -0.2) is 30.4 Å². The van der Waals surface area contributed by atoms with Gasteiger partial charge in [-0.15, -0.1) is 0 Å². The Kier molecular flexibility index (Phi) is 7.57. The minimum Gasteiger partial charge on any atom is -0.352 e. The van der Waals surface area contributed by atoms with Gasteiger partial charge in [0.1, 0.15) is 11.6 Å². The zero-order valence-corrected chi connectivity index (χ0v) is 21.2. The van der Waals surface area contributed by atoms with Crippen molar-refractivity contribution in [3.63, 3.8) is 0 Å². The van der Waals surface area contributed by atoms with Crippen molar-refractivity contribution < 1.29 is 17.6 Å². The van der Waals surface area contributed by atoms with Gasteiger partial charge in [-0.25, -0.2) is 22.5 Å². The number of carbonyl (C=O) groups is 1. The molecule has 3 aromatic rings. The standard InChI is InChI=1S/C25H31FN4O3S/c1-15-16(2)18(4)25(19(5)17(15)3)34(32,33)29-10-9-24(31)28-14-21-7-8-23(22(26)13-21)30-12-11-27-20(30)6/h7-8,11-13,29H,9-10,14H2,1-6H3,(H,28,31). The summed E-state index contributed by atoms with van der Waals surface area (Å²) >= 11 is 0. The first-order valence-corrected chi connectivity index (χ1v) is 12.5. The molecule has 182 valence electrons. The molecule has 9 heteroatoms. The maximum Gasteiger partial charge on any atom is 0.241 e. The molecule has 3 rings (SSSR count). The first kappa shape index (κ1) is 25.6. The molecule has 0 aliphatic carbocycles. The first-order valence-electron chi connectivity index (χ1n) is 11.1. The highest BCUT2D eigenvalue weighted by Crippen LogP contribution is 2.29. The van der Waals surface area contributed by atoms with Gasteiger partial charge in [0.05, 0.1) is 10.6 Å².